The van der Waals surface area contributed by atoms with Crippen molar-refractivity contribution in [2.75, 3.05) is 13.7 Å². The molecule has 0 saturated carbocycles. The Morgan fingerprint density at radius 3 is 1.89 bits per heavy atom. The molecule has 0 fully saturated rings. The van der Waals surface area contributed by atoms with Gasteiger partial charge in [-0.05, 0) is 67.6 Å². The number of aryl methyl sites for hydroxylation is 2. The van der Waals surface area contributed by atoms with Crippen molar-refractivity contribution in [2.45, 2.75) is 53.6 Å². The molecule has 2 aromatic carbocycles. The number of allylic oxidation sites excluding steroid dienone is 1. The van der Waals surface area contributed by atoms with Crippen LogP contribution in [0, 0.1) is 32.1 Å². The van der Waals surface area contributed by atoms with Crippen molar-refractivity contribution < 1.29 is 19.4 Å². The number of benzene rings is 2. The summed E-state index contributed by atoms with van der Waals surface area (Å²) >= 11 is 6.03. The van der Waals surface area contributed by atoms with E-state index in [0.29, 0.717) is 12.6 Å². The van der Waals surface area contributed by atoms with E-state index < -0.39 is 0 Å². The van der Waals surface area contributed by atoms with Crippen molar-refractivity contribution >= 4 is 24.9 Å². The standard InChI is InChI=1S/C19H26ClNO.C8H10.C2H2.CH2O2.CH2O/c1-6-11-22-13-15-12-17(19(2,3)4)21(5)18(15)14-7-9-16(20)10-8-14;1-7-5-3-4-6-8(7)2;1-2;2-1-3;1-2/h6-12,17-18H,13H2,1-5H3;3-6H,1-2H3;1-2H;1H,(H,2,3);1H2/b11-6+;;;;. The SMILES string of the molecule is C#C.C/C=C/OCC1=CC(C(C)(C)C)N(C)C1c1ccc(Cl)cc1.C=O.Cc1ccccc1C.O=CO. The summed E-state index contributed by atoms with van der Waals surface area (Å²) in [5.74, 6) is 0. The number of rotatable bonds is 4. The molecule has 6 heteroatoms. The second-order valence-electron chi connectivity index (χ2n) is 9.14. The number of halogens is 1. The molecule has 2 aromatic rings. The molecule has 2 atom stereocenters. The van der Waals surface area contributed by atoms with Crippen molar-refractivity contribution in [3.05, 3.63) is 94.2 Å². The molecule has 0 saturated heterocycles. The van der Waals surface area contributed by atoms with E-state index in [9.17, 15) is 0 Å². The highest BCUT2D eigenvalue weighted by atomic mass is 35.5. The van der Waals surface area contributed by atoms with Crippen LogP contribution in [-0.2, 0) is 14.3 Å². The van der Waals surface area contributed by atoms with Gasteiger partial charge in [0.05, 0.1) is 12.3 Å². The van der Waals surface area contributed by atoms with Gasteiger partial charge in [-0.25, -0.2) is 0 Å². The fourth-order valence-corrected chi connectivity index (χ4v) is 3.95. The van der Waals surface area contributed by atoms with Crippen LogP contribution < -0.4 is 0 Å². The minimum absolute atomic E-state index is 0.182. The first-order chi connectivity index (χ1) is 17.6. The van der Waals surface area contributed by atoms with Crippen LogP contribution in [0.2, 0.25) is 5.02 Å². The van der Waals surface area contributed by atoms with E-state index in [4.69, 9.17) is 31.0 Å². The molecule has 202 valence electrons. The lowest BCUT2D eigenvalue weighted by molar-refractivity contribution is -0.122. The van der Waals surface area contributed by atoms with Crippen LogP contribution in [0.4, 0.5) is 0 Å². The number of carbonyl (C=O) groups excluding carboxylic acids is 1. The zero-order valence-electron chi connectivity index (χ0n) is 23.1. The third-order valence-electron chi connectivity index (χ3n) is 5.55. The largest absolute Gasteiger partial charge is 0.497 e. The summed E-state index contributed by atoms with van der Waals surface area (Å²) in [5.41, 5.74) is 5.48. The van der Waals surface area contributed by atoms with Gasteiger partial charge in [0.25, 0.3) is 6.47 Å². The van der Waals surface area contributed by atoms with Crippen molar-refractivity contribution in [3.63, 3.8) is 0 Å². The molecule has 1 aliphatic heterocycles. The number of hydrogen-bond donors (Lipinski definition) is 1. The summed E-state index contributed by atoms with van der Waals surface area (Å²) in [6.07, 6.45) is 14.0. The first-order valence-electron chi connectivity index (χ1n) is 11.7. The summed E-state index contributed by atoms with van der Waals surface area (Å²) in [7, 11) is 2.19. The van der Waals surface area contributed by atoms with E-state index in [0.717, 1.165) is 5.02 Å². The molecule has 3 rings (SSSR count). The summed E-state index contributed by atoms with van der Waals surface area (Å²) in [6, 6.07) is 17.1. The molecule has 37 heavy (non-hydrogen) atoms. The molecular weight excluding hydrogens is 486 g/mol. The Morgan fingerprint density at radius 2 is 1.51 bits per heavy atom. The lowest BCUT2D eigenvalue weighted by Gasteiger charge is -2.35. The Labute approximate surface area is 228 Å². The maximum atomic E-state index is 8.36. The zero-order chi connectivity index (χ0) is 29.0. The molecule has 0 radical (unpaired) electrons. The molecule has 0 aromatic heterocycles. The van der Waals surface area contributed by atoms with E-state index in [-0.39, 0.29) is 17.9 Å². The summed E-state index contributed by atoms with van der Waals surface area (Å²) < 4.78 is 5.65. The molecule has 0 aliphatic carbocycles. The van der Waals surface area contributed by atoms with Gasteiger partial charge in [-0.1, -0.05) is 80.9 Å². The number of carbonyl (C=O) groups is 2. The second-order valence-corrected chi connectivity index (χ2v) is 9.58. The summed E-state index contributed by atoms with van der Waals surface area (Å²) in [4.78, 5) is 18.8. The van der Waals surface area contributed by atoms with E-state index >= 15 is 0 Å². The number of likely N-dealkylation sites (N-methyl/N-ethyl adjacent to an activating group) is 1. The van der Waals surface area contributed by atoms with Gasteiger partial charge in [0.15, 0.2) is 0 Å². The van der Waals surface area contributed by atoms with E-state index in [1.807, 2.05) is 31.9 Å². The van der Waals surface area contributed by atoms with Crippen molar-refractivity contribution in [3.8, 4) is 12.8 Å². The number of hydrogen-bond acceptors (Lipinski definition) is 4. The van der Waals surface area contributed by atoms with Crippen LogP contribution in [0.25, 0.3) is 0 Å². The monoisotopic (exact) mass is 527 g/mol. The molecule has 1 aliphatic rings. The topological polar surface area (TPSA) is 66.8 Å². The second kappa shape index (κ2) is 19.8. The Kier molecular flexibility index (Phi) is 19.2. The predicted octanol–water partition coefficient (Wildman–Crippen LogP) is 7.29. The highest BCUT2D eigenvalue weighted by Crippen LogP contribution is 2.41. The van der Waals surface area contributed by atoms with Crippen molar-refractivity contribution in [1.29, 1.82) is 0 Å². The number of carboxylic acid groups (broad SMARTS) is 1. The van der Waals surface area contributed by atoms with Crippen LogP contribution >= 0.6 is 11.6 Å². The first kappa shape index (κ1) is 35.8. The Bertz CT molecular complexity index is 954. The molecule has 0 bridgehead atoms. The highest BCUT2D eigenvalue weighted by molar-refractivity contribution is 6.30. The van der Waals surface area contributed by atoms with Gasteiger partial charge in [-0.2, -0.15) is 0 Å². The van der Waals surface area contributed by atoms with Gasteiger partial charge >= 0.3 is 0 Å². The summed E-state index contributed by atoms with van der Waals surface area (Å²) in [5, 5.41) is 7.66. The van der Waals surface area contributed by atoms with Crippen LogP contribution in [0.15, 0.2) is 72.5 Å². The van der Waals surface area contributed by atoms with Crippen LogP contribution in [0.1, 0.15) is 50.4 Å². The first-order valence-corrected chi connectivity index (χ1v) is 12.1. The summed E-state index contributed by atoms with van der Waals surface area (Å²) in [6.45, 7) is 15.4. The lowest BCUT2D eigenvalue weighted by Crippen LogP contribution is -2.38. The minimum atomic E-state index is -0.250. The Balaban J connectivity index is 0. The number of terminal acetylenes is 1. The van der Waals surface area contributed by atoms with E-state index in [1.165, 1.54) is 22.3 Å². The minimum Gasteiger partial charge on any atom is -0.497 e. The molecule has 1 N–H and O–H groups in total. The van der Waals surface area contributed by atoms with E-state index in [2.05, 4.69) is 102 Å². The van der Waals surface area contributed by atoms with Crippen LogP contribution in [0.3, 0.4) is 0 Å². The lowest BCUT2D eigenvalue weighted by atomic mass is 9.86. The number of nitrogens with zero attached hydrogens (tertiary/aromatic N) is 1. The Hall–Kier alpha value is -3.33. The highest BCUT2D eigenvalue weighted by Gasteiger charge is 2.38. The average Bonchev–Trinajstić information content (AvgIpc) is 3.21. The van der Waals surface area contributed by atoms with Crippen molar-refractivity contribution in [2.24, 2.45) is 5.41 Å². The average molecular weight is 528 g/mol. The van der Waals surface area contributed by atoms with Crippen LogP contribution in [-0.4, -0.2) is 43.0 Å². The third kappa shape index (κ3) is 13.0. The van der Waals surface area contributed by atoms with Gasteiger partial charge in [0, 0.05) is 11.1 Å². The van der Waals surface area contributed by atoms with E-state index in [1.54, 1.807) is 6.26 Å². The molecule has 5 nitrogen and oxygen atoms in total. The molecule has 0 amide bonds. The van der Waals surface area contributed by atoms with Crippen molar-refractivity contribution in [1.82, 2.24) is 4.90 Å². The Morgan fingerprint density at radius 1 is 1.05 bits per heavy atom. The third-order valence-corrected chi connectivity index (χ3v) is 5.80. The maximum Gasteiger partial charge on any atom is 0.290 e. The molecule has 1 heterocycles. The number of ether oxygens (including phenoxy) is 1. The molecule has 2 unspecified atom stereocenters. The molecular formula is C31H42ClNO4. The van der Waals surface area contributed by atoms with Gasteiger partial charge in [-0.3, -0.25) is 9.69 Å². The smallest absolute Gasteiger partial charge is 0.290 e. The van der Waals surface area contributed by atoms with Gasteiger partial charge in [0.2, 0.25) is 0 Å². The normalized spacial score (nSPS) is 16.2. The predicted molar refractivity (Wildman–Crippen MR) is 156 cm³/mol. The van der Waals surface area contributed by atoms with Gasteiger partial charge in [0.1, 0.15) is 13.4 Å². The maximum absolute atomic E-state index is 8.36. The fourth-order valence-electron chi connectivity index (χ4n) is 3.82. The quantitative estimate of drug-likeness (QED) is 0.196. The molecule has 0 spiro atoms. The van der Waals surface area contributed by atoms with Gasteiger partial charge in [-0.15, -0.1) is 12.8 Å². The van der Waals surface area contributed by atoms with Crippen LogP contribution in [0.5, 0.6) is 0 Å². The zero-order valence-corrected chi connectivity index (χ0v) is 23.9. The fraction of sp³-hybridized carbons (Fsp3) is 0.355. The van der Waals surface area contributed by atoms with Gasteiger partial charge < -0.3 is 14.6 Å².